The maximum absolute atomic E-state index is 12.3. The third-order valence-corrected chi connectivity index (χ3v) is 4.77. The quantitative estimate of drug-likeness (QED) is 0.791. The minimum atomic E-state index is -3.61. The van der Waals surface area contributed by atoms with E-state index in [1.54, 1.807) is 48.5 Å². The van der Waals surface area contributed by atoms with Crippen LogP contribution in [0.5, 0.6) is 5.75 Å². The molecule has 0 aliphatic rings. The van der Waals surface area contributed by atoms with Crippen molar-refractivity contribution in [1.82, 2.24) is 0 Å². The van der Waals surface area contributed by atoms with Gasteiger partial charge in [-0.2, -0.15) is 0 Å². The number of rotatable bonds is 6. The van der Waals surface area contributed by atoms with Gasteiger partial charge in [-0.3, -0.25) is 9.10 Å². The molecule has 0 aliphatic heterocycles. The van der Waals surface area contributed by atoms with Crippen LogP contribution in [-0.2, 0) is 14.8 Å². The summed E-state index contributed by atoms with van der Waals surface area (Å²) in [6, 6.07) is 13.6. The van der Waals surface area contributed by atoms with Gasteiger partial charge in [0.1, 0.15) is 12.3 Å². The summed E-state index contributed by atoms with van der Waals surface area (Å²) in [7, 11) is -2.08. The third-order valence-electron chi connectivity index (χ3n) is 3.14. The number of sulfonamides is 1. The molecule has 1 N–H and O–H groups in total. The maximum Gasteiger partial charge on any atom is 0.245 e. The number of hydrogen-bond acceptors (Lipinski definition) is 4. The Labute approximate surface area is 149 Å². The molecule has 0 spiro atoms. The number of carbonyl (C=O) groups is 1. The number of carbonyl (C=O) groups excluding carboxylic acids is 1. The highest BCUT2D eigenvalue weighted by molar-refractivity contribution is 9.10. The predicted octanol–water partition coefficient (Wildman–Crippen LogP) is 2.86. The fourth-order valence-corrected chi connectivity index (χ4v) is 3.30. The molecule has 0 fully saturated rings. The Kier molecular flexibility index (Phi) is 5.84. The third kappa shape index (κ3) is 4.97. The fourth-order valence-electron chi connectivity index (χ4n) is 2.06. The number of amides is 1. The van der Waals surface area contributed by atoms with Gasteiger partial charge in [-0.25, -0.2) is 8.42 Å². The van der Waals surface area contributed by atoms with Gasteiger partial charge in [0.05, 0.1) is 19.1 Å². The van der Waals surface area contributed by atoms with Crippen LogP contribution in [0.1, 0.15) is 0 Å². The molecule has 24 heavy (non-hydrogen) atoms. The van der Waals surface area contributed by atoms with Crippen molar-refractivity contribution in [2.45, 2.75) is 0 Å². The van der Waals surface area contributed by atoms with E-state index in [0.717, 1.165) is 15.0 Å². The number of ether oxygens (including phenoxy) is 1. The van der Waals surface area contributed by atoms with Gasteiger partial charge in [0.2, 0.25) is 15.9 Å². The van der Waals surface area contributed by atoms with Gasteiger partial charge in [-0.15, -0.1) is 0 Å². The first-order chi connectivity index (χ1) is 11.3. The highest BCUT2D eigenvalue weighted by Gasteiger charge is 2.21. The first-order valence-corrected chi connectivity index (χ1v) is 9.61. The Balaban J connectivity index is 2.19. The molecule has 2 rings (SSSR count). The van der Waals surface area contributed by atoms with Crippen LogP contribution in [0.4, 0.5) is 11.4 Å². The molecule has 0 unspecified atom stereocenters. The van der Waals surface area contributed by atoms with Crippen molar-refractivity contribution in [3.05, 3.63) is 53.0 Å². The zero-order valence-corrected chi connectivity index (χ0v) is 15.6. The Morgan fingerprint density at radius 3 is 2.54 bits per heavy atom. The summed E-state index contributed by atoms with van der Waals surface area (Å²) in [5.41, 5.74) is 0.940. The van der Waals surface area contributed by atoms with Crippen LogP contribution in [0.2, 0.25) is 0 Å². The van der Waals surface area contributed by atoms with Crippen LogP contribution >= 0.6 is 15.9 Å². The van der Waals surface area contributed by atoms with Gasteiger partial charge in [-0.1, -0.05) is 28.1 Å². The second-order valence-corrected chi connectivity index (χ2v) is 7.85. The van der Waals surface area contributed by atoms with Crippen molar-refractivity contribution in [1.29, 1.82) is 0 Å². The summed E-state index contributed by atoms with van der Waals surface area (Å²) < 4.78 is 30.9. The number of anilines is 2. The summed E-state index contributed by atoms with van der Waals surface area (Å²) in [5.74, 6) is 0.147. The molecule has 2 aromatic carbocycles. The SMILES string of the molecule is COc1cccc(NC(=O)CN(c2cccc(Br)c2)S(C)(=O)=O)c1. The number of nitrogens with zero attached hydrogens (tertiary/aromatic N) is 1. The van der Waals surface area contributed by atoms with Gasteiger partial charge in [0, 0.05) is 16.2 Å². The van der Waals surface area contributed by atoms with E-state index >= 15 is 0 Å². The second kappa shape index (κ2) is 7.67. The zero-order valence-electron chi connectivity index (χ0n) is 13.2. The van der Waals surface area contributed by atoms with E-state index in [4.69, 9.17) is 4.74 Å². The lowest BCUT2D eigenvalue weighted by atomic mass is 10.3. The summed E-state index contributed by atoms with van der Waals surface area (Å²) in [6.45, 7) is -0.327. The van der Waals surface area contributed by atoms with Gasteiger partial charge in [0.15, 0.2) is 0 Å². The van der Waals surface area contributed by atoms with Crippen molar-refractivity contribution in [2.75, 3.05) is 29.5 Å². The zero-order chi connectivity index (χ0) is 17.7. The van der Waals surface area contributed by atoms with Crippen LogP contribution < -0.4 is 14.4 Å². The minimum absolute atomic E-state index is 0.327. The standard InChI is InChI=1S/C16H17BrN2O4S/c1-23-15-8-4-6-13(10-15)18-16(20)11-19(24(2,21)22)14-7-3-5-12(17)9-14/h3-10H,11H2,1-2H3,(H,18,20). The molecule has 0 bridgehead atoms. The lowest BCUT2D eigenvalue weighted by Gasteiger charge is -2.22. The maximum atomic E-state index is 12.3. The number of nitrogens with one attached hydrogen (secondary N) is 1. The average molecular weight is 413 g/mol. The first-order valence-electron chi connectivity index (χ1n) is 6.97. The van der Waals surface area contributed by atoms with Crippen molar-refractivity contribution in [3.63, 3.8) is 0 Å². The van der Waals surface area contributed by atoms with E-state index < -0.39 is 15.9 Å². The summed E-state index contributed by atoms with van der Waals surface area (Å²) in [6.07, 6.45) is 1.06. The molecule has 128 valence electrons. The van der Waals surface area contributed by atoms with Crippen LogP contribution in [0.15, 0.2) is 53.0 Å². The first kappa shape index (κ1) is 18.3. The second-order valence-electron chi connectivity index (χ2n) is 5.03. The van der Waals surface area contributed by atoms with Gasteiger partial charge in [0.25, 0.3) is 0 Å². The Morgan fingerprint density at radius 1 is 1.21 bits per heavy atom. The molecule has 0 aliphatic carbocycles. The number of benzene rings is 2. The van der Waals surface area contributed by atoms with E-state index in [1.165, 1.54) is 7.11 Å². The average Bonchev–Trinajstić information content (AvgIpc) is 2.51. The van der Waals surface area contributed by atoms with E-state index in [0.29, 0.717) is 17.1 Å². The van der Waals surface area contributed by atoms with E-state index in [9.17, 15) is 13.2 Å². The molecular weight excluding hydrogens is 396 g/mol. The van der Waals surface area contributed by atoms with E-state index in [1.807, 2.05) is 0 Å². The molecule has 0 saturated carbocycles. The molecule has 0 aromatic heterocycles. The van der Waals surface area contributed by atoms with Gasteiger partial charge < -0.3 is 10.1 Å². The van der Waals surface area contributed by atoms with Crippen LogP contribution in [-0.4, -0.2) is 34.2 Å². The summed E-state index contributed by atoms with van der Waals surface area (Å²) in [5, 5.41) is 2.67. The number of halogens is 1. The lowest BCUT2D eigenvalue weighted by molar-refractivity contribution is -0.114. The van der Waals surface area contributed by atoms with E-state index in [2.05, 4.69) is 21.2 Å². The van der Waals surface area contributed by atoms with Crippen LogP contribution in [0.3, 0.4) is 0 Å². The molecule has 0 heterocycles. The highest BCUT2D eigenvalue weighted by atomic mass is 79.9. The Morgan fingerprint density at radius 2 is 1.92 bits per heavy atom. The monoisotopic (exact) mass is 412 g/mol. The molecule has 0 saturated heterocycles. The molecule has 2 aromatic rings. The van der Waals surface area contributed by atoms with Gasteiger partial charge in [-0.05, 0) is 30.3 Å². The highest BCUT2D eigenvalue weighted by Crippen LogP contribution is 2.22. The molecule has 8 heteroatoms. The van der Waals surface area contributed by atoms with Crippen LogP contribution in [0, 0.1) is 0 Å². The summed E-state index contributed by atoms with van der Waals surface area (Å²) in [4.78, 5) is 12.3. The number of methoxy groups -OCH3 is 1. The van der Waals surface area contributed by atoms with Crippen molar-refractivity contribution < 1.29 is 17.9 Å². The topological polar surface area (TPSA) is 75.7 Å². The fraction of sp³-hybridized carbons (Fsp3) is 0.188. The largest absolute Gasteiger partial charge is 0.497 e. The molecule has 6 nitrogen and oxygen atoms in total. The smallest absolute Gasteiger partial charge is 0.245 e. The van der Waals surface area contributed by atoms with Crippen molar-refractivity contribution >= 4 is 43.2 Å². The van der Waals surface area contributed by atoms with Gasteiger partial charge >= 0.3 is 0 Å². The normalized spacial score (nSPS) is 11.0. The molecule has 0 atom stereocenters. The minimum Gasteiger partial charge on any atom is -0.497 e. The summed E-state index contributed by atoms with van der Waals surface area (Å²) >= 11 is 3.30. The van der Waals surface area contributed by atoms with E-state index in [-0.39, 0.29) is 6.54 Å². The van der Waals surface area contributed by atoms with Crippen LogP contribution in [0.25, 0.3) is 0 Å². The lowest BCUT2D eigenvalue weighted by Crippen LogP contribution is -2.37. The molecule has 1 amide bonds. The molecular formula is C16H17BrN2O4S. The Hall–Kier alpha value is -2.06. The van der Waals surface area contributed by atoms with Crippen molar-refractivity contribution in [2.24, 2.45) is 0 Å². The Bertz CT molecular complexity index is 839. The van der Waals surface area contributed by atoms with Crippen molar-refractivity contribution in [3.8, 4) is 5.75 Å². The number of hydrogen-bond donors (Lipinski definition) is 1. The predicted molar refractivity (Wildman–Crippen MR) is 98.0 cm³/mol. The molecule has 0 radical (unpaired) electrons.